The van der Waals surface area contributed by atoms with E-state index in [1.807, 2.05) is 23.1 Å². The number of carboxylic acid groups (broad SMARTS) is 1. The third-order valence-corrected chi connectivity index (χ3v) is 5.51. The topological polar surface area (TPSA) is 77.0 Å². The molecular formula is C21H25FN4O3. The van der Waals surface area contributed by atoms with Gasteiger partial charge in [-0.2, -0.15) is 0 Å². The summed E-state index contributed by atoms with van der Waals surface area (Å²) < 4.78 is 13.9. The van der Waals surface area contributed by atoms with Crippen LogP contribution in [0, 0.1) is 17.7 Å². The van der Waals surface area contributed by atoms with Gasteiger partial charge in [-0.15, -0.1) is 0 Å². The fourth-order valence-electron chi connectivity index (χ4n) is 4.38. The summed E-state index contributed by atoms with van der Waals surface area (Å²) in [5.41, 5.74) is 2.03. The number of carbonyl (C=O) groups is 2. The van der Waals surface area contributed by atoms with Gasteiger partial charge in [-0.05, 0) is 29.8 Å². The number of hydrogen-bond donors (Lipinski definition) is 1. The lowest BCUT2D eigenvalue weighted by molar-refractivity contribution is -0.122. The molecule has 1 aromatic carbocycles. The third-order valence-electron chi connectivity index (χ3n) is 5.51. The van der Waals surface area contributed by atoms with E-state index in [4.69, 9.17) is 9.90 Å². The van der Waals surface area contributed by atoms with Gasteiger partial charge in [-0.25, -0.2) is 9.18 Å². The smallest absolute Gasteiger partial charge is 0.320 e. The van der Waals surface area contributed by atoms with Gasteiger partial charge in [0, 0.05) is 63.6 Å². The maximum Gasteiger partial charge on any atom is 0.320 e. The lowest BCUT2D eigenvalue weighted by Gasteiger charge is -2.32. The number of rotatable bonds is 2. The number of carbonyl (C=O) groups excluding carboxylic acids is 1. The highest BCUT2D eigenvalue weighted by Gasteiger charge is 2.49. The van der Waals surface area contributed by atoms with Crippen LogP contribution in [0.3, 0.4) is 0 Å². The molecule has 2 amide bonds. The SMILES string of the molecule is CN(C)C(=O)N1C[C@H]2CN(c3ccncc3)C[C@H]2[C@H]1c1cccc(F)c1.O=CO. The van der Waals surface area contributed by atoms with Crippen LogP contribution in [0.15, 0.2) is 48.8 Å². The van der Waals surface area contributed by atoms with Crippen molar-refractivity contribution in [2.75, 3.05) is 38.6 Å². The Morgan fingerprint density at radius 3 is 2.52 bits per heavy atom. The molecular weight excluding hydrogens is 375 g/mol. The molecule has 7 nitrogen and oxygen atoms in total. The Kier molecular flexibility index (Phi) is 6.31. The van der Waals surface area contributed by atoms with Crippen LogP contribution in [0.1, 0.15) is 11.6 Å². The molecule has 3 atom stereocenters. The minimum Gasteiger partial charge on any atom is -0.483 e. The predicted octanol–water partition coefficient (Wildman–Crippen LogP) is 2.71. The molecule has 1 aromatic heterocycles. The van der Waals surface area contributed by atoms with Crippen LogP contribution in [0.5, 0.6) is 0 Å². The summed E-state index contributed by atoms with van der Waals surface area (Å²) in [5.74, 6) is 0.404. The highest BCUT2D eigenvalue weighted by atomic mass is 19.1. The highest BCUT2D eigenvalue weighted by molar-refractivity contribution is 5.75. The van der Waals surface area contributed by atoms with Crippen molar-refractivity contribution in [2.24, 2.45) is 11.8 Å². The van der Waals surface area contributed by atoms with Crippen LogP contribution in [-0.2, 0) is 4.79 Å². The summed E-state index contributed by atoms with van der Waals surface area (Å²) in [5, 5.41) is 6.89. The monoisotopic (exact) mass is 400 g/mol. The lowest BCUT2D eigenvalue weighted by Crippen LogP contribution is -2.41. The standard InChI is InChI=1S/C20H23FN4O.CH2O2/c1-23(2)20(26)25-12-15-11-24(17-6-8-22-9-7-17)13-18(15)19(25)14-4-3-5-16(21)10-14;2-1-3/h3-10,15,18-19H,11-13H2,1-2H3;1H,(H,2,3)/t15-,18-,19-;/m1./s1. The molecule has 0 bridgehead atoms. The van der Waals surface area contributed by atoms with E-state index in [1.54, 1.807) is 43.5 Å². The first-order valence-electron chi connectivity index (χ1n) is 9.42. The summed E-state index contributed by atoms with van der Waals surface area (Å²) in [6.45, 7) is 2.20. The van der Waals surface area contributed by atoms with Crippen molar-refractivity contribution < 1.29 is 19.1 Å². The number of fused-ring (bicyclic) bond motifs is 1. The molecule has 2 aliphatic heterocycles. The van der Waals surface area contributed by atoms with Crippen molar-refractivity contribution in [3.63, 3.8) is 0 Å². The van der Waals surface area contributed by atoms with Crippen LogP contribution in [0.2, 0.25) is 0 Å². The zero-order valence-corrected chi connectivity index (χ0v) is 16.5. The minimum absolute atomic E-state index is 0.0101. The quantitative estimate of drug-likeness (QED) is 0.785. The minimum atomic E-state index is -0.257. The molecule has 4 rings (SSSR count). The third kappa shape index (κ3) is 4.31. The Morgan fingerprint density at radius 2 is 1.90 bits per heavy atom. The van der Waals surface area contributed by atoms with Gasteiger partial charge in [0.05, 0.1) is 6.04 Å². The zero-order chi connectivity index (χ0) is 21.0. The molecule has 2 aromatic rings. The number of aromatic nitrogens is 1. The van der Waals surface area contributed by atoms with E-state index in [0.717, 1.165) is 24.3 Å². The Hall–Kier alpha value is -3.16. The number of pyridine rings is 1. The van der Waals surface area contributed by atoms with E-state index >= 15 is 0 Å². The van der Waals surface area contributed by atoms with Crippen molar-refractivity contribution in [3.8, 4) is 0 Å². The first kappa shape index (κ1) is 20.6. The zero-order valence-electron chi connectivity index (χ0n) is 16.5. The number of benzene rings is 1. The molecule has 0 spiro atoms. The summed E-state index contributed by atoms with van der Waals surface area (Å²) in [4.78, 5) is 31.0. The van der Waals surface area contributed by atoms with Crippen molar-refractivity contribution >= 4 is 18.2 Å². The Labute approximate surface area is 169 Å². The number of anilines is 1. The average molecular weight is 400 g/mol. The van der Waals surface area contributed by atoms with Gasteiger partial charge in [0.2, 0.25) is 0 Å². The Bertz CT molecular complexity index is 849. The maximum absolute atomic E-state index is 13.9. The van der Waals surface area contributed by atoms with Crippen LogP contribution in [0.4, 0.5) is 14.9 Å². The van der Waals surface area contributed by atoms with E-state index in [9.17, 15) is 9.18 Å². The van der Waals surface area contributed by atoms with Gasteiger partial charge in [-0.1, -0.05) is 12.1 Å². The molecule has 0 unspecified atom stereocenters. The predicted molar refractivity (Wildman–Crippen MR) is 107 cm³/mol. The van der Waals surface area contributed by atoms with E-state index in [-0.39, 0.29) is 30.3 Å². The highest BCUT2D eigenvalue weighted by Crippen LogP contribution is 2.46. The number of nitrogens with zero attached hydrogens (tertiary/aromatic N) is 4. The molecule has 1 N–H and O–H groups in total. The average Bonchev–Trinajstić information content (AvgIpc) is 3.26. The summed E-state index contributed by atoms with van der Waals surface area (Å²) >= 11 is 0. The lowest BCUT2D eigenvalue weighted by atomic mass is 9.89. The second-order valence-electron chi connectivity index (χ2n) is 7.47. The van der Waals surface area contributed by atoms with Crippen molar-refractivity contribution in [1.82, 2.24) is 14.8 Å². The molecule has 2 aliphatic rings. The maximum atomic E-state index is 13.9. The molecule has 29 heavy (non-hydrogen) atoms. The second-order valence-corrected chi connectivity index (χ2v) is 7.47. The summed E-state index contributed by atoms with van der Waals surface area (Å²) in [6, 6.07) is 10.6. The van der Waals surface area contributed by atoms with Gasteiger partial charge in [0.1, 0.15) is 5.82 Å². The Balaban J connectivity index is 0.000000755. The van der Waals surface area contributed by atoms with Crippen LogP contribution in [0.25, 0.3) is 0 Å². The first-order valence-corrected chi connectivity index (χ1v) is 9.42. The second kappa shape index (κ2) is 8.89. The number of urea groups is 1. The van der Waals surface area contributed by atoms with Gasteiger partial charge >= 0.3 is 6.03 Å². The van der Waals surface area contributed by atoms with Crippen molar-refractivity contribution in [3.05, 3.63) is 60.2 Å². The summed E-state index contributed by atoms with van der Waals surface area (Å²) in [7, 11) is 3.53. The molecule has 154 valence electrons. The molecule has 2 fully saturated rings. The van der Waals surface area contributed by atoms with Gasteiger partial charge in [0.15, 0.2) is 0 Å². The fraction of sp³-hybridized carbons (Fsp3) is 0.381. The number of hydrogen-bond acceptors (Lipinski definition) is 4. The van der Waals surface area contributed by atoms with Crippen LogP contribution >= 0.6 is 0 Å². The van der Waals surface area contributed by atoms with Crippen LogP contribution < -0.4 is 4.90 Å². The van der Waals surface area contributed by atoms with Crippen molar-refractivity contribution in [2.45, 2.75) is 6.04 Å². The van der Waals surface area contributed by atoms with Crippen LogP contribution in [-0.4, -0.2) is 66.1 Å². The molecule has 3 heterocycles. The van der Waals surface area contributed by atoms with E-state index in [0.29, 0.717) is 12.5 Å². The molecule has 0 aliphatic carbocycles. The molecule has 2 saturated heterocycles. The van der Waals surface area contributed by atoms with E-state index in [1.165, 1.54) is 6.07 Å². The number of amides is 2. The molecule has 0 saturated carbocycles. The number of likely N-dealkylation sites (tertiary alicyclic amines) is 1. The first-order chi connectivity index (χ1) is 14.0. The Morgan fingerprint density at radius 1 is 1.21 bits per heavy atom. The summed E-state index contributed by atoms with van der Waals surface area (Å²) in [6.07, 6.45) is 3.60. The fourth-order valence-corrected chi connectivity index (χ4v) is 4.38. The van der Waals surface area contributed by atoms with Gasteiger partial charge in [-0.3, -0.25) is 9.78 Å². The van der Waals surface area contributed by atoms with E-state index in [2.05, 4.69) is 9.88 Å². The molecule has 8 heteroatoms. The van der Waals surface area contributed by atoms with Gasteiger partial charge < -0.3 is 19.8 Å². The largest absolute Gasteiger partial charge is 0.483 e. The molecule has 0 radical (unpaired) electrons. The normalized spacial score (nSPS) is 22.5. The number of halogens is 1. The van der Waals surface area contributed by atoms with Crippen molar-refractivity contribution in [1.29, 1.82) is 0 Å². The van der Waals surface area contributed by atoms with E-state index < -0.39 is 0 Å². The van der Waals surface area contributed by atoms with Gasteiger partial charge in [0.25, 0.3) is 6.47 Å².